The predicted molar refractivity (Wildman–Crippen MR) is 77.3 cm³/mol. The number of likely N-dealkylation sites (tertiary alicyclic amines) is 1. The summed E-state index contributed by atoms with van der Waals surface area (Å²) in [5.74, 6) is 0.253. The molecule has 1 fully saturated rings. The van der Waals surface area contributed by atoms with E-state index in [-0.39, 0.29) is 11.9 Å². The first kappa shape index (κ1) is 14.0. The molecule has 0 aliphatic carbocycles. The first-order chi connectivity index (χ1) is 9.20. The van der Waals surface area contributed by atoms with Crippen LogP contribution in [0.25, 0.3) is 0 Å². The summed E-state index contributed by atoms with van der Waals surface area (Å²) in [7, 11) is 1.78. The summed E-state index contributed by atoms with van der Waals surface area (Å²) >= 11 is 0. The zero-order valence-corrected chi connectivity index (χ0v) is 11.5. The lowest BCUT2D eigenvalue weighted by molar-refractivity contribution is 0.0277. The van der Waals surface area contributed by atoms with Crippen molar-refractivity contribution >= 4 is 5.84 Å². The van der Waals surface area contributed by atoms with E-state index < -0.39 is 0 Å². The Bertz CT molecular complexity index is 399. The van der Waals surface area contributed by atoms with Gasteiger partial charge in [-0.1, -0.05) is 30.3 Å². The summed E-state index contributed by atoms with van der Waals surface area (Å²) in [6.07, 6.45) is 3.09. The number of nitrogens with zero attached hydrogens (tertiary/aromatic N) is 1. The molecule has 0 amide bonds. The van der Waals surface area contributed by atoms with Gasteiger partial charge in [-0.15, -0.1) is 0 Å². The molecule has 3 N–H and O–H groups in total. The Kier molecular flexibility index (Phi) is 4.93. The fourth-order valence-corrected chi connectivity index (χ4v) is 2.76. The van der Waals surface area contributed by atoms with Crippen molar-refractivity contribution in [1.82, 2.24) is 4.90 Å². The highest BCUT2D eigenvalue weighted by molar-refractivity contribution is 5.77. The Morgan fingerprint density at radius 1 is 1.37 bits per heavy atom. The largest absolute Gasteiger partial charge is 0.388 e. The van der Waals surface area contributed by atoms with Crippen molar-refractivity contribution in [2.75, 3.05) is 20.2 Å². The summed E-state index contributed by atoms with van der Waals surface area (Å²) in [6, 6.07) is 10.6. The molecule has 0 aromatic heterocycles. The van der Waals surface area contributed by atoms with Crippen LogP contribution in [-0.2, 0) is 4.74 Å². The summed E-state index contributed by atoms with van der Waals surface area (Å²) in [5, 5.41) is 7.59. The van der Waals surface area contributed by atoms with Gasteiger partial charge in [0.05, 0.1) is 11.9 Å². The molecule has 2 rings (SSSR count). The Morgan fingerprint density at radius 3 is 2.53 bits per heavy atom. The molecule has 4 heteroatoms. The highest BCUT2D eigenvalue weighted by Crippen LogP contribution is 2.27. The van der Waals surface area contributed by atoms with Crippen molar-refractivity contribution in [2.45, 2.75) is 31.4 Å². The molecule has 104 valence electrons. The first-order valence-electron chi connectivity index (χ1n) is 6.85. The van der Waals surface area contributed by atoms with Crippen LogP contribution in [0.3, 0.4) is 0 Å². The van der Waals surface area contributed by atoms with Crippen molar-refractivity contribution in [3.8, 4) is 0 Å². The molecular formula is C15H23N3O. The molecule has 1 atom stereocenters. The number of piperidine rings is 1. The van der Waals surface area contributed by atoms with Gasteiger partial charge < -0.3 is 10.5 Å². The highest BCUT2D eigenvalue weighted by atomic mass is 16.5. The van der Waals surface area contributed by atoms with Crippen molar-refractivity contribution in [2.24, 2.45) is 5.73 Å². The van der Waals surface area contributed by atoms with Gasteiger partial charge in [0.2, 0.25) is 0 Å². The molecule has 0 bridgehead atoms. The third-order valence-corrected chi connectivity index (χ3v) is 3.85. The fourth-order valence-electron chi connectivity index (χ4n) is 2.76. The zero-order valence-electron chi connectivity index (χ0n) is 11.5. The second kappa shape index (κ2) is 6.68. The average molecular weight is 261 g/mol. The molecule has 1 unspecified atom stereocenters. The van der Waals surface area contributed by atoms with E-state index in [0.717, 1.165) is 25.9 Å². The van der Waals surface area contributed by atoms with Crippen molar-refractivity contribution in [3.63, 3.8) is 0 Å². The van der Waals surface area contributed by atoms with Gasteiger partial charge in [-0.2, -0.15) is 0 Å². The van der Waals surface area contributed by atoms with Crippen molar-refractivity contribution < 1.29 is 4.74 Å². The van der Waals surface area contributed by atoms with Crippen LogP contribution >= 0.6 is 0 Å². The van der Waals surface area contributed by atoms with Gasteiger partial charge in [-0.05, 0) is 18.4 Å². The topological polar surface area (TPSA) is 62.3 Å². The molecular weight excluding hydrogens is 238 g/mol. The molecule has 4 nitrogen and oxygen atoms in total. The predicted octanol–water partition coefficient (Wildman–Crippen LogP) is 2.16. The van der Waals surface area contributed by atoms with Crippen molar-refractivity contribution in [1.29, 1.82) is 5.41 Å². The number of nitrogens with two attached hydrogens (primary N) is 1. The number of benzene rings is 1. The minimum Gasteiger partial charge on any atom is -0.388 e. The van der Waals surface area contributed by atoms with Gasteiger partial charge in [0, 0.05) is 32.7 Å². The summed E-state index contributed by atoms with van der Waals surface area (Å²) in [6.45, 7) is 2.01. The van der Waals surface area contributed by atoms with E-state index in [2.05, 4.69) is 17.0 Å². The van der Waals surface area contributed by atoms with Gasteiger partial charge >= 0.3 is 0 Å². The van der Waals surface area contributed by atoms with Crippen LogP contribution in [0.5, 0.6) is 0 Å². The normalized spacial score (nSPS) is 19.2. The van der Waals surface area contributed by atoms with Gasteiger partial charge in [0.15, 0.2) is 0 Å². The average Bonchev–Trinajstić information content (AvgIpc) is 2.46. The number of methoxy groups -OCH3 is 1. The lowest BCUT2D eigenvalue weighted by Gasteiger charge is -2.37. The molecule has 0 saturated carbocycles. The fraction of sp³-hybridized carbons (Fsp3) is 0.533. The Morgan fingerprint density at radius 2 is 2.00 bits per heavy atom. The maximum absolute atomic E-state index is 7.59. The standard InChI is InChI=1S/C15H23N3O/c1-19-13-7-9-18(10-8-13)14(11-15(16)17)12-5-3-2-4-6-12/h2-6,13-14H,7-11H2,1H3,(H3,16,17). The van der Waals surface area contributed by atoms with E-state index in [4.69, 9.17) is 15.9 Å². The third kappa shape index (κ3) is 3.78. The van der Waals surface area contributed by atoms with E-state index in [1.807, 2.05) is 18.2 Å². The summed E-state index contributed by atoms with van der Waals surface area (Å²) in [5.41, 5.74) is 6.87. The molecule has 1 aliphatic heterocycles. The summed E-state index contributed by atoms with van der Waals surface area (Å²) in [4.78, 5) is 2.42. The van der Waals surface area contributed by atoms with Crippen LogP contribution in [0.1, 0.15) is 30.9 Å². The minimum atomic E-state index is 0.219. The minimum absolute atomic E-state index is 0.219. The van der Waals surface area contributed by atoms with Gasteiger partial charge in [-0.25, -0.2) is 0 Å². The van der Waals surface area contributed by atoms with Crippen LogP contribution in [-0.4, -0.2) is 37.0 Å². The van der Waals surface area contributed by atoms with E-state index in [9.17, 15) is 0 Å². The molecule has 1 saturated heterocycles. The van der Waals surface area contributed by atoms with Gasteiger partial charge in [0.1, 0.15) is 0 Å². The third-order valence-electron chi connectivity index (χ3n) is 3.85. The second-order valence-corrected chi connectivity index (χ2v) is 5.13. The molecule has 1 aromatic rings. The van der Waals surface area contributed by atoms with E-state index in [1.165, 1.54) is 5.56 Å². The quantitative estimate of drug-likeness (QED) is 0.630. The molecule has 1 aromatic carbocycles. The molecule has 19 heavy (non-hydrogen) atoms. The second-order valence-electron chi connectivity index (χ2n) is 5.13. The summed E-state index contributed by atoms with van der Waals surface area (Å²) < 4.78 is 5.41. The monoisotopic (exact) mass is 261 g/mol. The Balaban J connectivity index is 2.08. The SMILES string of the molecule is COC1CCN(C(CC(=N)N)c2ccccc2)CC1. The van der Waals surface area contributed by atoms with Crippen LogP contribution in [0.4, 0.5) is 0 Å². The van der Waals surface area contributed by atoms with Crippen LogP contribution in [0, 0.1) is 5.41 Å². The first-order valence-corrected chi connectivity index (χ1v) is 6.85. The lowest BCUT2D eigenvalue weighted by Crippen LogP contribution is -2.40. The number of hydrogen-bond donors (Lipinski definition) is 2. The van der Waals surface area contributed by atoms with Crippen LogP contribution in [0.2, 0.25) is 0 Å². The van der Waals surface area contributed by atoms with Crippen molar-refractivity contribution in [3.05, 3.63) is 35.9 Å². The van der Waals surface area contributed by atoms with E-state index >= 15 is 0 Å². The Labute approximate surface area is 115 Å². The smallest absolute Gasteiger partial charge is 0.0924 e. The number of amidine groups is 1. The number of nitrogens with one attached hydrogen (secondary N) is 1. The number of rotatable bonds is 5. The van der Waals surface area contributed by atoms with E-state index in [1.54, 1.807) is 7.11 Å². The van der Waals surface area contributed by atoms with Gasteiger partial charge in [0.25, 0.3) is 0 Å². The maximum Gasteiger partial charge on any atom is 0.0924 e. The van der Waals surface area contributed by atoms with E-state index in [0.29, 0.717) is 12.5 Å². The zero-order chi connectivity index (χ0) is 13.7. The van der Waals surface area contributed by atoms with Crippen LogP contribution < -0.4 is 5.73 Å². The molecule has 0 radical (unpaired) electrons. The highest BCUT2D eigenvalue weighted by Gasteiger charge is 2.26. The molecule has 0 spiro atoms. The van der Waals surface area contributed by atoms with Crippen LogP contribution in [0.15, 0.2) is 30.3 Å². The molecule has 1 aliphatic rings. The lowest BCUT2D eigenvalue weighted by atomic mass is 9.97. The maximum atomic E-state index is 7.59. The number of hydrogen-bond acceptors (Lipinski definition) is 3. The molecule has 1 heterocycles. The number of ether oxygens (including phenoxy) is 1. The van der Waals surface area contributed by atoms with Gasteiger partial charge in [-0.3, -0.25) is 10.3 Å². The Hall–Kier alpha value is -1.39.